The Hall–Kier alpha value is -0.690. The van der Waals surface area contributed by atoms with Crippen LogP contribution in [0.3, 0.4) is 0 Å². The van der Waals surface area contributed by atoms with E-state index in [9.17, 15) is 0 Å². The minimum absolute atomic E-state index is 0. The van der Waals surface area contributed by atoms with E-state index in [1.54, 1.807) is 0 Å². The highest BCUT2D eigenvalue weighted by Crippen LogP contribution is 2.54. The fourth-order valence-electron chi connectivity index (χ4n) is 4.26. The molecule has 6 nitrogen and oxygen atoms in total. The number of halogens is 1. The quantitative estimate of drug-likeness (QED) is 0.859. The molecular formula is C15H27ClN4O2. The van der Waals surface area contributed by atoms with Crippen LogP contribution in [0.5, 0.6) is 0 Å². The van der Waals surface area contributed by atoms with Gasteiger partial charge in [-0.3, -0.25) is 4.90 Å². The van der Waals surface area contributed by atoms with Gasteiger partial charge in [0.25, 0.3) is 0 Å². The number of hydrogen-bond donors (Lipinski definition) is 1. The lowest BCUT2D eigenvalue weighted by Crippen LogP contribution is -2.66. The molecule has 126 valence electrons. The predicted molar refractivity (Wildman–Crippen MR) is 85.6 cm³/mol. The highest BCUT2D eigenvalue weighted by molar-refractivity contribution is 5.85. The third-order valence-electron chi connectivity index (χ3n) is 4.97. The van der Waals surface area contributed by atoms with Crippen LogP contribution in [0.1, 0.15) is 45.3 Å². The van der Waals surface area contributed by atoms with E-state index in [-0.39, 0.29) is 17.8 Å². The number of rotatable bonds is 6. The van der Waals surface area contributed by atoms with Crippen LogP contribution in [0.15, 0.2) is 4.52 Å². The zero-order valence-electron chi connectivity index (χ0n) is 13.6. The van der Waals surface area contributed by atoms with Gasteiger partial charge in [0.15, 0.2) is 5.82 Å². The fraction of sp³-hybridized carbons (Fsp3) is 0.867. The molecule has 1 saturated carbocycles. The van der Waals surface area contributed by atoms with E-state index in [1.807, 2.05) is 0 Å². The summed E-state index contributed by atoms with van der Waals surface area (Å²) in [6, 6.07) is 0.532. The number of aromatic nitrogens is 2. The zero-order chi connectivity index (χ0) is 15.0. The van der Waals surface area contributed by atoms with E-state index in [2.05, 4.69) is 35.8 Å². The summed E-state index contributed by atoms with van der Waals surface area (Å²) in [7, 11) is 0. The number of hydrogen-bond acceptors (Lipinski definition) is 6. The lowest BCUT2D eigenvalue weighted by molar-refractivity contribution is -0.157. The van der Waals surface area contributed by atoms with Gasteiger partial charge in [0, 0.05) is 24.0 Å². The first-order valence-electron chi connectivity index (χ1n) is 7.95. The van der Waals surface area contributed by atoms with Gasteiger partial charge in [-0.1, -0.05) is 25.9 Å². The van der Waals surface area contributed by atoms with Crippen LogP contribution in [0.2, 0.25) is 0 Å². The van der Waals surface area contributed by atoms with Gasteiger partial charge in [-0.2, -0.15) is 4.98 Å². The van der Waals surface area contributed by atoms with E-state index in [4.69, 9.17) is 15.0 Å². The van der Waals surface area contributed by atoms with E-state index in [1.165, 1.54) is 6.42 Å². The van der Waals surface area contributed by atoms with Crippen LogP contribution in [-0.2, 0) is 17.8 Å². The molecule has 1 saturated heterocycles. The first-order chi connectivity index (χ1) is 10.1. The average molecular weight is 331 g/mol. The molecule has 7 heteroatoms. The SMILES string of the molecule is CCCN(Cc1noc(CN)n1)C1C2CCOC2C1(C)C.Cl. The standard InChI is InChI=1S/C15H26N4O2.ClH/c1-4-6-19(9-11-17-12(8-16)21-18-11)13-10-5-7-20-14(10)15(13,2)3;/h10,13-14H,4-9,16H2,1-3H3;1H. The molecule has 1 aliphatic carbocycles. The summed E-state index contributed by atoms with van der Waals surface area (Å²) in [6.07, 6.45) is 2.69. The lowest BCUT2D eigenvalue weighted by atomic mass is 9.56. The molecule has 0 amide bonds. The van der Waals surface area contributed by atoms with E-state index >= 15 is 0 Å². The minimum Gasteiger partial charge on any atom is -0.377 e. The number of ether oxygens (including phenoxy) is 1. The molecule has 22 heavy (non-hydrogen) atoms. The number of fused-ring (bicyclic) bond motifs is 1. The van der Waals surface area contributed by atoms with Gasteiger partial charge < -0.3 is 15.0 Å². The van der Waals surface area contributed by atoms with Crippen LogP contribution in [0.25, 0.3) is 0 Å². The summed E-state index contributed by atoms with van der Waals surface area (Å²) in [6.45, 7) is 9.81. The summed E-state index contributed by atoms with van der Waals surface area (Å²) in [5.74, 6) is 1.89. The molecule has 2 fully saturated rings. The van der Waals surface area contributed by atoms with Crippen molar-refractivity contribution in [1.82, 2.24) is 15.0 Å². The van der Waals surface area contributed by atoms with Gasteiger partial charge in [-0.15, -0.1) is 12.4 Å². The Morgan fingerprint density at radius 3 is 2.82 bits per heavy atom. The smallest absolute Gasteiger partial charge is 0.240 e. The molecule has 0 radical (unpaired) electrons. The highest BCUT2D eigenvalue weighted by atomic mass is 35.5. The van der Waals surface area contributed by atoms with Gasteiger partial charge in [0.05, 0.1) is 19.2 Å². The largest absolute Gasteiger partial charge is 0.377 e. The van der Waals surface area contributed by atoms with Gasteiger partial charge in [0.2, 0.25) is 5.89 Å². The minimum atomic E-state index is 0. The second-order valence-electron chi connectivity index (χ2n) is 6.79. The lowest BCUT2D eigenvalue weighted by Gasteiger charge is -2.58. The summed E-state index contributed by atoms with van der Waals surface area (Å²) in [5.41, 5.74) is 5.73. The van der Waals surface area contributed by atoms with E-state index < -0.39 is 0 Å². The normalized spacial score (nSPS) is 29.0. The first-order valence-corrected chi connectivity index (χ1v) is 7.95. The second kappa shape index (κ2) is 6.83. The third-order valence-corrected chi connectivity index (χ3v) is 4.97. The fourth-order valence-corrected chi connectivity index (χ4v) is 4.26. The van der Waals surface area contributed by atoms with Crippen LogP contribution < -0.4 is 5.73 Å². The van der Waals surface area contributed by atoms with Crippen LogP contribution in [0, 0.1) is 11.3 Å². The molecule has 2 aliphatic rings. The number of nitrogens with two attached hydrogens (primary N) is 1. The summed E-state index contributed by atoms with van der Waals surface area (Å²) in [4.78, 5) is 6.85. The molecule has 1 aliphatic heterocycles. The molecule has 1 aromatic rings. The van der Waals surface area contributed by atoms with Crippen molar-refractivity contribution in [3.8, 4) is 0 Å². The Labute approximate surface area is 138 Å². The Morgan fingerprint density at radius 2 is 2.18 bits per heavy atom. The van der Waals surface area contributed by atoms with Crippen molar-refractivity contribution in [1.29, 1.82) is 0 Å². The molecular weight excluding hydrogens is 304 g/mol. The Kier molecular flexibility index (Phi) is 5.48. The molecule has 3 unspecified atom stereocenters. The molecule has 0 bridgehead atoms. The Bertz CT molecular complexity index is 494. The van der Waals surface area contributed by atoms with Gasteiger partial charge >= 0.3 is 0 Å². The molecule has 0 spiro atoms. The van der Waals surface area contributed by atoms with Crippen molar-refractivity contribution in [2.45, 2.75) is 58.8 Å². The molecule has 3 atom stereocenters. The third kappa shape index (κ3) is 2.89. The van der Waals surface area contributed by atoms with Crippen molar-refractivity contribution >= 4 is 12.4 Å². The molecule has 2 heterocycles. The van der Waals surface area contributed by atoms with Gasteiger partial charge in [0.1, 0.15) is 0 Å². The van der Waals surface area contributed by atoms with Crippen molar-refractivity contribution < 1.29 is 9.26 Å². The van der Waals surface area contributed by atoms with Crippen LogP contribution in [-0.4, -0.2) is 40.3 Å². The van der Waals surface area contributed by atoms with Crippen molar-refractivity contribution in [3.05, 3.63) is 11.7 Å². The monoisotopic (exact) mass is 330 g/mol. The molecule has 3 rings (SSSR count). The Morgan fingerprint density at radius 1 is 1.41 bits per heavy atom. The predicted octanol–water partition coefficient (Wildman–Crippen LogP) is 1.98. The van der Waals surface area contributed by atoms with Crippen molar-refractivity contribution in [3.63, 3.8) is 0 Å². The maximum atomic E-state index is 5.90. The van der Waals surface area contributed by atoms with E-state index in [0.717, 1.165) is 31.9 Å². The van der Waals surface area contributed by atoms with Gasteiger partial charge in [-0.05, 0) is 19.4 Å². The summed E-state index contributed by atoms with van der Waals surface area (Å²) in [5, 5.41) is 4.04. The Balaban J connectivity index is 0.00000176. The second-order valence-corrected chi connectivity index (χ2v) is 6.79. The molecule has 0 aromatic carbocycles. The first kappa shape index (κ1) is 17.7. The average Bonchev–Trinajstić information content (AvgIpc) is 3.06. The van der Waals surface area contributed by atoms with Gasteiger partial charge in [-0.25, -0.2) is 0 Å². The summed E-state index contributed by atoms with van der Waals surface area (Å²) < 4.78 is 11.0. The van der Waals surface area contributed by atoms with Crippen LogP contribution in [0.4, 0.5) is 0 Å². The van der Waals surface area contributed by atoms with E-state index in [0.29, 0.717) is 30.5 Å². The molecule has 2 N–H and O–H groups in total. The van der Waals surface area contributed by atoms with Crippen molar-refractivity contribution in [2.24, 2.45) is 17.1 Å². The summed E-state index contributed by atoms with van der Waals surface area (Å²) >= 11 is 0. The molecule has 1 aromatic heterocycles. The highest BCUT2D eigenvalue weighted by Gasteiger charge is 2.61. The maximum Gasteiger partial charge on any atom is 0.240 e. The van der Waals surface area contributed by atoms with Crippen LogP contribution >= 0.6 is 12.4 Å². The van der Waals surface area contributed by atoms with Crippen molar-refractivity contribution in [2.75, 3.05) is 13.2 Å². The maximum absolute atomic E-state index is 5.90. The zero-order valence-corrected chi connectivity index (χ0v) is 14.4. The number of nitrogens with zero attached hydrogens (tertiary/aromatic N) is 3. The topological polar surface area (TPSA) is 77.4 Å².